The molecule has 0 aliphatic rings. The van der Waals surface area contributed by atoms with Crippen LogP contribution in [0.5, 0.6) is 5.75 Å². The lowest BCUT2D eigenvalue weighted by Gasteiger charge is -2.08. The van der Waals surface area contributed by atoms with Crippen LogP contribution in [0.15, 0.2) is 59.7 Å². The second-order valence-corrected chi connectivity index (χ2v) is 4.39. The Balaban J connectivity index is 2.27. The Morgan fingerprint density at radius 1 is 1.09 bits per heavy atom. The molecule has 0 fully saturated rings. The van der Waals surface area contributed by atoms with Crippen molar-refractivity contribution in [3.63, 3.8) is 0 Å². The first-order valence-electron chi connectivity index (χ1n) is 6.95. The van der Waals surface area contributed by atoms with Gasteiger partial charge in [-0.2, -0.15) is 5.10 Å². The first kappa shape index (κ1) is 15.6. The van der Waals surface area contributed by atoms with E-state index in [1.54, 1.807) is 38.3 Å². The molecule has 0 heterocycles. The molecule has 0 aliphatic heterocycles. The van der Waals surface area contributed by atoms with Crippen LogP contribution in [0.4, 0.5) is 5.69 Å². The molecule has 5 heteroatoms. The summed E-state index contributed by atoms with van der Waals surface area (Å²) in [6, 6.07) is 16.5. The van der Waals surface area contributed by atoms with E-state index in [4.69, 9.17) is 9.47 Å². The molecule has 2 aromatic carbocycles. The number of hydrogen-bond donors (Lipinski definition) is 1. The number of hydrazone groups is 1. The minimum absolute atomic E-state index is 0.216. The number of anilines is 1. The maximum atomic E-state index is 12.1. The van der Waals surface area contributed by atoms with Crippen molar-refractivity contribution in [3.05, 3.63) is 60.2 Å². The summed E-state index contributed by atoms with van der Waals surface area (Å²) in [6.07, 6.45) is 0. The summed E-state index contributed by atoms with van der Waals surface area (Å²) in [7, 11) is 1.59. The molecular formula is C17H18N2O3. The molecule has 0 spiro atoms. The van der Waals surface area contributed by atoms with E-state index < -0.39 is 5.97 Å². The molecule has 2 rings (SSSR count). The van der Waals surface area contributed by atoms with Crippen LogP contribution in [-0.2, 0) is 9.53 Å². The molecule has 0 saturated carbocycles. The number of methoxy groups -OCH3 is 1. The van der Waals surface area contributed by atoms with Gasteiger partial charge in [-0.15, -0.1) is 0 Å². The lowest BCUT2D eigenvalue weighted by atomic mass is 10.1. The molecule has 0 unspecified atom stereocenters. The summed E-state index contributed by atoms with van der Waals surface area (Å²) in [4.78, 5) is 12.1. The summed E-state index contributed by atoms with van der Waals surface area (Å²) in [5.41, 5.74) is 4.53. The van der Waals surface area contributed by atoms with E-state index in [0.717, 1.165) is 5.69 Å². The zero-order valence-electron chi connectivity index (χ0n) is 12.6. The topological polar surface area (TPSA) is 59.9 Å². The van der Waals surface area contributed by atoms with E-state index >= 15 is 0 Å². The summed E-state index contributed by atoms with van der Waals surface area (Å²) in [5, 5.41) is 4.19. The maximum absolute atomic E-state index is 12.1. The monoisotopic (exact) mass is 298 g/mol. The zero-order chi connectivity index (χ0) is 15.8. The van der Waals surface area contributed by atoms with Crippen LogP contribution in [0, 0.1) is 0 Å². The third-order valence-electron chi connectivity index (χ3n) is 2.90. The molecule has 0 atom stereocenters. The molecule has 114 valence electrons. The Kier molecular flexibility index (Phi) is 5.54. The summed E-state index contributed by atoms with van der Waals surface area (Å²) in [6.45, 7) is 2.05. The van der Waals surface area contributed by atoms with Gasteiger partial charge in [0, 0.05) is 5.56 Å². The van der Waals surface area contributed by atoms with E-state index in [1.807, 2.05) is 30.3 Å². The maximum Gasteiger partial charge on any atom is 0.359 e. The van der Waals surface area contributed by atoms with Gasteiger partial charge in [0.2, 0.25) is 0 Å². The minimum Gasteiger partial charge on any atom is -0.497 e. The van der Waals surface area contributed by atoms with Crippen molar-refractivity contribution in [3.8, 4) is 5.75 Å². The first-order chi connectivity index (χ1) is 10.7. The molecular weight excluding hydrogens is 280 g/mol. The van der Waals surface area contributed by atoms with Gasteiger partial charge in [0.1, 0.15) is 5.75 Å². The highest BCUT2D eigenvalue weighted by molar-refractivity contribution is 6.43. The number of para-hydroxylation sites is 1. The van der Waals surface area contributed by atoms with Crippen LogP contribution < -0.4 is 10.2 Å². The molecule has 2 aromatic rings. The van der Waals surface area contributed by atoms with Gasteiger partial charge in [0.25, 0.3) is 0 Å². The number of rotatable bonds is 6. The number of esters is 1. The number of nitrogens with zero attached hydrogens (tertiary/aromatic N) is 1. The van der Waals surface area contributed by atoms with E-state index in [2.05, 4.69) is 10.5 Å². The van der Waals surface area contributed by atoms with Crippen LogP contribution in [0.3, 0.4) is 0 Å². The summed E-state index contributed by atoms with van der Waals surface area (Å²) >= 11 is 0. The molecule has 0 aromatic heterocycles. The molecule has 5 nitrogen and oxygen atoms in total. The zero-order valence-corrected chi connectivity index (χ0v) is 12.6. The normalized spacial score (nSPS) is 10.9. The SMILES string of the molecule is CCOC(=O)/C(=N\Nc1ccccc1)c1ccc(OC)cc1. The molecule has 22 heavy (non-hydrogen) atoms. The highest BCUT2D eigenvalue weighted by Crippen LogP contribution is 2.13. The average molecular weight is 298 g/mol. The Morgan fingerprint density at radius 3 is 2.36 bits per heavy atom. The highest BCUT2D eigenvalue weighted by Gasteiger charge is 2.15. The molecule has 1 N–H and O–H groups in total. The fraction of sp³-hybridized carbons (Fsp3) is 0.176. The molecule has 0 amide bonds. The van der Waals surface area contributed by atoms with E-state index in [-0.39, 0.29) is 5.71 Å². The fourth-order valence-electron chi connectivity index (χ4n) is 1.81. The van der Waals surface area contributed by atoms with Crippen LogP contribution in [0.2, 0.25) is 0 Å². The molecule has 0 radical (unpaired) electrons. The standard InChI is InChI=1S/C17H18N2O3/c1-3-22-17(20)16(13-9-11-15(21-2)12-10-13)19-18-14-7-5-4-6-8-14/h4-12,18H,3H2,1-2H3/b19-16-. The summed E-state index contributed by atoms with van der Waals surface area (Å²) < 4.78 is 10.2. The number of benzene rings is 2. The van der Waals surface area contributed by atoms with Crippen molar-refractivity contribution in [2.75, 3.05) is 19.1 Å². The van der Waals surface area contributed by atoms with Crippen molar-refractivity contribution >= 4 is 17.4 Å². The van der Waals surface area contributed by atoms with E-state index in [1.165, 1.54) is 0 Å². The molecule has 0 aliphatic carbocycles. The quantitative estimate of drug-likeness (QED) is 0.506. The van der Waals surface area contributed by atoms with Crippen molar-refractivity contribution in [1.82, 2.24) is 0 Å². The third kappa shape index (κ3) is 4.09. The van der Waals surface area contributed by atoms with Gasteiger partial charge < -0.3 is 9.47 Å². The highest BCUT2D eigenvalue weighted by atomic mass is 16.5. The Hall–Kier alpha value is -2.82. The van der Waals surface area contributed by atoms with Gasteiger partial charge in [0.05, 0.1) is 19.4 Å². The number of ether oxygens (including phenoxy) is 2. The van der Waals surface area contributed by atoms with Crippen LogP contribution >= 0.6 is 0 Å². The summed E-state index contributed by atoms with van der Waals surface area (Å²) in [5.74, 6) is 0.235. The number of carbonyl (C=O) groups is 1. The van der Waals surface area contributed by atoms with Crippen LogP contribution in [0.25, 0.3) is 0 Å². The third-order valence-corrected chi connectivity index (χ3v) is 2.90. The second kappa shape index (κ2) is 7.83. The second-order valence-electron chi connectivity index (χ2n) is 4.39. The predicted molar refractivity (Wildman–Crippen MR) is 86.2 cm³/mol. The van der Waals surface area contributed by atoms with Crippen molar-refractivity contribution in [2.24, 2.45) is 5.10 Å². The van der Waals surface area contributed by atoms with Gasteiger partial charge in [-0.3, -0.25) is 5.43 Å². The van der Waals surface area contributed by atoms with Crippen molar-refractivity contribution in [1.29, 1.82) is 0 Å². The molecule has 0 bridgehead atoms. The Morgan fingerprint density at radius 2 is 1.77 bits per heavy atom. The minimum atomic E-state index is -0.476. The number of hydrogen-bond acceptors (Lipinski definition) is 5. The lowest BCUT2D eigenvalue weighted by molar-refractivity contribution is -0.134. The van der Waals surface area contributed by atoms with E-state index in [9.17, 15) is 4.79 Å². The van der Waals surface area contributed by atoms with Crippen molar-refractivity contribution < 1.29 is 14.3 Å². The lowest BCUT2D eigenvalue weighted by Crippen LogP contribution is -2.20. The Bertz CT molecular complexity index is 637. The Labute approximate surface area is 129 Å². The smallest absolute Gasteiger partial charge is 0.359 e. The van der Waals surface area contributed by atoms with Gasteiger partial charge in [-0.25, -0.2) is 4.79 Å². The number of nitrogens with one attached hydrogen (secondary N) is 1. The van der Waals surface area contributed by atoms with Crippen LogP contribution in [0.1, 0.15) is 12.5 Å². The predicted octanol–water partition coefficient (Wildman–Crippen LogP) is 3.07. The first-order valence-corrected chi connectivity index (χ1v) is 6.95. The molecule has 0 saturated heterocycles. The average Bonchev–Trinajstić information content (AvgIpc) is 2.57. The largest absolute Gasteiger partial charge is 0.497 e. The van der Waals surface area contributed by atoms with E-state index in [0.29, 0.717) is 17.9 Å². The van der Waals surface area contributed by atoms with Gasteiger partial charge in [-0.1, -0.05) is 18.2 Å². The van der Waals surface area contributed by atoms with Gasteiger partial charge in [0.15, 0.2) is 5.71 Å². The van der Waals surface area contributed by atoms with Gasteiger partial charge >= 0.3 is 5.97 Å². The van der Waals surface area contributed by atoms with Crippen LogP contribution in [-0.4, -0.2) is 25.4 Å². The number of carbonyl (C=O) groups excluding carboxylic acids is 1. The fourth-order valence-corrected chi connectivity index (χ4v) is 1.81. The van der Waals surface area contributed by atoms with Gasteiger partial charge in [-0.05, 0) is 43.3 Å². The van der Waals surface area contributed by atoms with Crippen molar-refractivity contribution in [2.45, 2.75) is 6.92 Å².